The number of primary amides is 1. The van der Waals surface area contributed by atoms with E-state index in [1.54, 1.807) is 43.3 Å². The first kappa shape index (κ1) is 30.9. The van der Waals surface area contributed by atoms with Gasteiger partial charge in [-0.15, -0.1) is 0 Å². The fourth-order valence-electron chi connectivity index (χ4n) is 4.39. The maximum absolute atomic E-state index is 13.3. The Morgan fingerprint density at radius 2 is 1.55 bits per heavy atom. The number of halogens is 7. The van der Waals surface area contributed by atoms with Gasteiger partial charge in [0.05, 0.1) is 16.4 Å². The van der Waals surface area contributed by atoms with Crippen LogP contribution in [-0.4, -0.2) is 42.0 Å². The zero-order valence-corrected chi connectivity index (χ0v) is 21.8. The van der Waals surface area contributed by atoms with E-state index in [1.165, 1.54) is 6.07 Å². The Bertz CT molecular complexity index is 1310. The Labute approximate surface area is 230 Å². The van der Waals surface area contributed by atoms with E-state index < -0.39 is 73.8 Å². The summed E-state index contributed by atoms with van der Waals surface area (Å²) >= 11 is 6.30. The number of amides is 3. The van der Waals surface area contributed by atoms with Crippen LogP contribution in [-0.2, 0) is 14.4 Å². The second-order valence-corrected chi connectivity index (χ2v) is 9.69. The van der Waals surface area contributed by atoms with Crippen LogP contribution in [0.4, 0.5) is 32.0 Å². The monoisotopic (exact) mass is 590 g/mol. The van der Waals surface area contributed by atoms with Gasteiger partial charge in [-0.3, -0.25) is 14.4 Å². The molecule has 0 saturated heterocycles. The van der Waals surface area contributed by atoms with E-state index in [0.29, 0.717) is 11.1 Å². The molecule has 2 unspecified atom stereocenters. The minimum absolute atomic E-state index is 0.142. The normalized spacial score (nSPS) is 17.1. The number of nitrogens with two attached hydrogens (primary N) is 1. The Balaban J connectivity index is 2.03. The van der Waals surface area contributed by atoms with Crippen molar-refractivity contribution in [2.24, 2.45) is 22.6 Å². The number of benzene rings is 2. The molecule has 1 heterocycles. The second kappa shape index (κ2) is 12.3. The third kappa shape index (κ3) is 7.96. The summed E-state index contributed by atoms with van der Waals surface area (Å²) < 4.78 is 77.7. The third-order valence-electron chi connectivity index (χ3n) is 6.37. The van der Waals surface area contributed by atoms with Gasteiger partial charge in [-0.05, 0) is 31.4 Å². The van der Waals surface area contributed by atoms with Crippen molar-refractivity contribution in [2.45, 2.75) is 51.1 Å². The van der Waals surface area contributed by atoms with Gasteiger partial charge in [0.25, 0.3) is 5.91 Å². The molecule has 0 radical (unpaired) electrons. The molecule has 0 saturated carbocycles. The molecule has 216 valence electrons. The molecular formula is C26H25ClF6N4O3. The standard InChI is InChI=1S/C26H25ClF6N4O3/c1-13-5-2-3-6-14(13)19-17-7-4-8-18(27)20(17)36-24(40)22(35-19)37-23(39)16(10-12-26(31,32)33)15(21(34)38)9-11-25(28,29)30/h2-8,15-16,22H,9-12H2,1H3,(H2,34,38)(H,36,40)(H,37,39)/t15?,16?,22-/m1/s1. The van der Waals surface area contributed by atoms with Gasteiger partial charge < -0.3 is 16.4 Å². The number of carbonyl (C=O) groups excluding carboxylic acids is 3. The highest BCUT2D eigenvalue weighted by molar-refractivity contribution is 6.36. The van der Waals surface area contributed by atoms with E-state index in [1.807, 2.05) is 0 Å². The number of nitrogens with zero attached hydrogens (tertiary/aromatic N) is 1. The summed E-state index contributed by atoms with van der Waals surface area (Å²) in [5.74, 6) is -7.36. The number of benzodiazepines with no additional fused rings is 1. The lowest BCUT2D eigenvalue weighted by molar-refractivity contribution is -0.152. The molecule has 1 aliphatic rings. The summed E-state index contributed by atoms with van der Waals surface area (Å²) in [6, 6.07) is 11.6. The first-order chi connectivity index (χ1) is 18.6. The van der Waals surface area contributed by atoms with Crippen LogP contribution >= 0.6 is 11.6 Å². The number of aliphatic imine (C=N–C) groups is 1. The van der Waals surface area contributed by atoms with Crippen molar-refractivity contribution in [3.05, 3.63) is 64.2 Å². The number of nitrogens with one attached hydrogen (secondary N) is 2. The van der Waals surface area contributed by atoms with Gasteiger partial charge in [-0.25, -0.2) is 4.99 Å². The Kier molecular flexibility index (Phi) is 9.49. The van der Waals surface area contributed by atoms with Crippen LogP contribution in [0.2, 0.25) is 5.02 Å². The number of para-hydroxylation sites is 1. The number of alkyl halides is 6. The maximum Gasteiger partial charge on any atom is 0.389 e. The van der Waals surface area contributed by atoms with E-state index >= 15 is 0 Å². The fourth-order valence-corrected chi connectivity index (χ4v) is 4.61. The predicted molar refractivity (Wildman–Crippen MR) is 136 cm³/mol. The zero-order chi connectivity index (χ0) is 29.8. The van der Waals surface area contributed by atoms with Crippen molar-refractivity contribution >= 4 is 40.7 Å². The largest absolute Gasteiger partial charge is 0.389 e. The van der Waals surface area contributed by atoms with Gasteiger partial charge in [-0.1, -0.05) is 48.0 Å². The summed E-state index contributed by atoms with van der Waals surface area (Å²) in [6.45, 7) is 1.76. The number of rotatable bonds is 9. The first-order valence-electron chi connectivity index (χ1n) is 12.0. The van der Waals surface area contributed by atoms with Crippen LogP contribution in [0.15, 0.2) is 47.5 Å². The van der Waals surface area contributed by atoms with Crippen LogP contribution in [0.5, 0.6) is 0 Å². The lowest BCUT2D eigenvalue weighted by Gasteiger charge is -2.26. The predicted octanol–water partition coefficient (Wildman–Crippen LogP) is 5.28. The quantitative estimate of drug-likeness (QED) is 0.345. The Hall–Kier alpha value is -3.61. The smallest absolute Gasteiger partial charge is 0.369 e. The van der Waals surface area contributed by atoms with E-state index in [4.69, 9.17) is 17.3 Å². The number of hydrogen-bond donors (Lipinski definition) is 3. The number of hydrogen-bond acceptors (Lipinski definition) is 4. The molecule has 0 aliphatic carbocycles. The number of fused-ring (bicyclic) bond motifs is 1. The van der Waals surface area contributed by atoms with Gasteiger partial charge >= 0.3 is 12.4 Å². The number of anilines is 1. The molecule has 3 rings (SSSR count). The van der Waals surface area contributed by atoms with E-state index in [9.17, 15) is 40.7 Å². The van der Waals surface area contributed by atoms with Crippen molar-refractivity contribution in [1.29, 1.82) is 0 Å². The van der Waals surface area contributed by atoms with Gasteiger partial charge in [-0.2, -0.15) is 26.3 Å². The molecule has 3 amide bonds. The van der Waals surface area contributed by atoms with Crippen LogP contribution in [0.1, 0.15) is 42.4 Å². The average molecular weight is 591 g/mol. The van der Waals surface area contributed by atoms with Crippen molar-refractivity contribution in [1.82, 2.24) is 5.32 Å². The summed E-state index contributed by atoms with van der Waals surface area (Å²) in [6.07, 6.45) is -16.4. The highest BCUT2D eigenvalue weighted by Crippen LogP contribution is 2.34. The molecular weight excluding hydrogens is 566 g/mol. The fraction of sp³-hybridized carbons (Fsp3) is 0.385. The van der Waals surface area contributed by atoms with E-state index in [0.717, 1.165) is 5.56 Å². The summed E-state index contributed by atoms with van der Waals surface area (Å²) in [4.78, 5) is 42.8. The van der Waals surface area contributed by atoms with Crippen LogP contribution in [0.3, 0.4) is 0 Å². The third-order valence-corrected chi connectivity index (χ3v) is 6.68. The molecule has 0 aromatic heterocycles. The zero-order valence-electron chi connectivity index (χ0n) is 21.0. The molecule has 2 aromatic carbocycles. The van der Waals surface area contributed by atoms with E-state index in [-0.39, 0.29) is 16.4 Å². The topological polar surface area (TPSA) is 114 Å². The van der Waals surface area contributed by atoms with Crippen molar-refractivity contribution < 1.29 is 40.7 Å². The second-order valence-electron chi connectivity index (χ2n) is 9.28. The Morgan fingerprint density at radius 1 is 0.975 bits per heavy atom. The molecule has 2 aromatic rings. The molecule has 1 aliphatic heterocycles. The molecule has 0 fully saturated rings. The first-order valence-corrected chi connectivity index (χ1v) is 12.4. The summed E-state index contributed by atoms with van der Waals surface area (Å²) in [7, 11) is 0. The van der Waals surface area contributed by atoms with Crippen molar-refractivity contribution in [3.8, 4) is 0 Å². The lowest BCUT2D eigenvalue weighted by Crippen LogP contribution is -2.48. The summed E-state index contributed by atoms with van der Waals surface area (Å²) in [5.41, 5.74) is 7.29. The van der Waals surface area contributed by atoms with Gasteiger partial charge in [0, 0.05) is 35.8 Å². The molecule has 0 bridgehead atoms. The van der Waals surface area contributed by atoms with Crippen LogP contribution < -0.4 is 16.4 Å². The molecule has 7 nitrogen and oxygen atoms in total. The minimum Gasteiger partial charge on any atom is -0.369 e. The highest BCUT2D eigenvalue weighted by atomic mass is 35.5. The number of carbonyl (C=O) groups is 3. The molecule has 3 atom stereocenters. The van der Waals surface area contributed by atoms with Gasteiger partial charge in [0.2, 0.25) is 18.0 Å². The maximum atomic E-state index is 13.3. The summed E-state index contributed by atoms with van der Waals surface area (Å²) in [5, 5.41) is 4.89. The van der Waals surface area contributed by atoms with Crippen molar-refractivity contribution in [2.75, 3.05) is 5.32 Å². The van der Waals surface area contributed by atoms with Crippen LogP contribution in [0, 0.1) is 18.8 Å². The number of aryl methyl sites for hydroxylation is 1. The highest BCUT2D eigenvalue weighted by Gasteiger charge is 2.40. The molecule has 14 heteroatoms. The van der Waals surface area contributed by atoms with Gasteiger partial charge in [0.15, 0.2) is 0 Å². The Morgan fingerprint density at radius 3 is 2.12 bits per heavy atom. The van der Waals surface area contributed by atoms with Crippen molar-refractivity contribution in [3.63, 3.8) is 0 Å². The minimum atomic E-state index is -4.78. The van der Waals surface area contributed by atoms with E-state index in [2.05, 4.69) is 15.6 Å². The SMILES string of the molecule is Cc1ccccc1C1=N[C@H](NC(=O)C(CCC(F)(F)F)C(CCC(F)(F)F)C(N)=O)C(=O)Nc2c(Cl)cccc21. The van der Waals surface area contributed by atoms with Gasteiger partial charge in [0.1, 0.15) is 0 Å². The average Bonchev–Trinajstić information content (AvgIpc) is 2.97. The van der Waals surface area contributed by atoms with Crippen LogP contribution in [0.25, 0.3) is 0 Å². The molecule has 40 heavy (non-hydrogen) atoms. The lowest BCUT2D eigenvalue weighted by atomic mass is 9.83. The molecule has 4 N–H and O–H groups in total. The molecule has 0 spiro atoms.